The minimum atomic E-state index is -0.326. The van der Waals surface area contributed by atoms with Crippen LogP contribution in [0.2, 0.25) is 0 Å². The molecule has 2 fully saturated rings. The Kier molecular flexibility index (Phi) is 6.23. The van der Waals surface area contributed by atoms with E-state index in [0.717, 1.165) is 44.2 Å². The molecule has 2 aromatic rings. The SMILES string of the molecule is COCCC1(c2noc(-c3ccncc3)n2)CCCN(C(=O)C2CCCCC2)C1. The number of aromatic nitrogens is 3. The normalized spacial score (nSPS) is 23.3. The maximum absolute atomic E-state index is 13.2. The summed E-state index contributed by atoms with van der Waals surface area (Å²) in [5.41, 5.74) is 0.527. The summed E-state index contributed by atoms with van der Waals surface area (Å²) < 4.78 is 11.0. The highest BCUT2D eigenvalue weighted by molar-refractivity contribution is 5.79. The Balaban J connectivity index is 1.57. The zero-order valence-corrected chi connectivity index (χ0v) is 17.2. The second-order valence-corrected chi connectivity index (χ2v) is 8.38. The summed E-state index contributed by atoms with van der Waals surface area (Å²) in [6.45, 7) is 2.06. The molecule has 2 aromatic heterocycles. The Morgan fingerprint density at radius 1 is 1.24 bits per heavy atom. The van der Waals surface area contributed by atoms with Crippen molar-refractivity contribution in [2.24, 2.45) is 5.92 Å². The van der Waals surface area contributed by atoms with Crippen LogP contribution < -0.4 is 0 Å². The Morgan fingerprint density at radius 3 is 2.79 bits per heavy atom. The van der Waals surface area contributed by atoms with Crippen molar-refractivity contribution in [2.45, 2.75) is 56.8 Å². The lowest BCUT2D eigenvalue weighted by Crippen LogP contribution is -2.51. The number of nitrogens with zero attached hydrogens (tertiary/aromatic N) is 4. The molecular formula is C22H30N4O3. The predicted molar refractivity (Wildman–Crippen MR) is 108 cm³/mol. The summed E-state index contributed by atoms with van der Waals surface area (Å²) in [6, 6.07) is 3.72. The van der Waals surface area contributed by atoms with Crippen molar-refractivity contribution in [3.63, 3.8) is 0 Å². The molecule has 1 unspecified atom stereocenters. The number of piperidine rings is 1. The average Bonchev–Trinajstić information content (AvgIpc) is 3.30. The molecular weight excluding hydrogens is 368 g/mol. The lowest BCUT2D eigenvalue weighted by molar-refractivity contribution is -0.139. The molecule has 1 amide bonds. The fraction of sp³-hybridized carbons (Fsp3) is 0.636. The van der Waals surface area contributed by atoms with Crippen LogP contribution in [0.15, 0.2) is 29.0 Å². The highest BCUT2D eigenvalue weighted by atomic mass is 16.5. The number of ether oxygens (including phenoxy) is 1. The molecule has 4 rings (SSSR count). The van der Waals surface area contributed by atoms with Crippen molar-refractivity contribution in [2.75, 3.05) is 26.8 Å². The minimum absolute atomic E-state index is 0.180. The molecule has 0 bridgehead atoms. The Hall–Kier alpha value is -2.28. The van der Waals surface area contributed by atoms with E-state index in [-0.39, 0.29) is 11.3 Å². The summed E-state index contributed by atoms with van der Waals surface area (Å²) >= 11 is 0. The molecule has 0 spiro atoms. The van der Waals surface area contributed by atoms with Gasteiger partial charge in [0, 0.05) is 50.7 Å². The predicted octanol–water partition coefficient (Wildman–Crippen LogP) is 3.61. The van der Waals surface area contributed by atoms with E-state index in [2.05, 4.69) is 15.0 Å². The largest absolute Gasteiger partial charge is 0.385 e. The van der Waals surface area contributed by atoms with Crippen LogP contribution >= 0.6 is 0 Å². The second-order valence-electron chi connectivity index (χ2n) is 8.38. The lowest BCUT2D eigenvalue weighted by atomic mass is 9.75. The third-order valence-electron chi connectivity index (χ3n) is 6.46. The molecule has 0 N–H and O–H groups in total. The van der Waals surface area contributed by atoms with Crippen LogP contribution in [-0.4, -0.2) is 52.7 Å². The number of pyridine rings is 1. The van der Waals surface area contributed by atoms with Gasteiger partial charge in [0.1, 0.15) is 0 Å². The highest BCUT2D eigenvalue weighted by Crippen LogP contribution is 2.38. The standard InChI is InChI=1S/C22H30N4O3/c1-28-15-11-22(21-24-19(29-25-21)17-8-12-23-13-9-17)10-5-14-26(16-22)20(27)18-6-3-2-4-7-18/h8-9,12-13,18H,2-7,10-11,14-16H2,1H3. The van der Waals surface area contributed by atoms with Crippen LogP contribution in [0.25, 0.3) is 11.5 Å². The van der Waals surface area contributed by atoms with E-state index < -0.39 is 0 Å². The molecule has 2 aliphatic rings. The zero-order valence-electron chi connectivity index (χ0n) is 17.2. The fourth-order valence-corrected chi connectivity index (χ4v) is 4.77. The van der Waals surface area contributed by atoms with E-state index >= 15 is 0 Å². The number of rotatable bonds is 6. The molecule has 1 atom stereocenters. The minimum Gasteiger partial charge on any atom is -0.385 e. The van der Waals surface area contributed by atoms with Crippen molar-refractivity contribution in [3.8, 4) is 11.5 Å². The summed E-state index contributed by atoms with van der Waals surface area (Å²) in [4.78, 5) is 24.0. The van der Waals surface area contributed by atoms with Crippen molar-refractivity contribution in [1.82, 2.24) is 20.0 Å². The molecule has 1 aliphatic carbocycles. The van der Waals surface area contributed by atoms with Crippen molar-refractivity contribution < 1.29 is 14.1 Å². The van der Waals surface area contributed by atoms with Crippen LogP contribution in [0.5, 0.6) is 0 Å². The topological polar surface area (TPSA) is 81.3 Å². The van der Waals surface area contributed by atoms with E-state index in [4.69, 9.17) is 14.2 Å². The van der Waals surface area contributed by atoms with Gasteiger partial charge in [-0.05, 0) is 44.2 Å². The first-order chi connectivity index (χ1) is 14.2. The first-order valence-corrected chi connectivity index (χ1v) is 10.7. The molecule has 0 aromatic carbocycles. The number of methoxy groups -OCH3 is 1. The summed E-state index contributed by atoms with van der Waals surface area (Å²) in [5.74, 6) is 1.67. The van der Waals surface area contributed by atoms with E-state index in [9.17, 15) is 4.79 Å². The molecule has 1 saturated heterocycles. The Morgan fingerprint density at radius 2 is 2.03 bits per heavy atom. The van der Waals surface area contributed by atoms with Crippen LogP contribution in [0, 0.1) is 5.92 Å². The Labute approximate surface area is 171 Å². The van der Waals surface area contributed by atoms with Crippen LogP contribution in [0.3, 0.4) is 0 Å². The van der Waals surface area contributed by atoms with Crippen molar-refractivity contribution in [1.29, 1.82) is 0 Å². The summed E-state index contributed by atoms with van der Waals surface area (Å²) in [5, 5.41) is 4.35. The highest BCUT2D eigenvalue weighted by Gasteiger charge is 2.43. The van der Waals surface area contributed by atoms with Crippen LogP contribution in [0.4, 0.5) is 0 Å². The third kappa shape index (κ3) is 4.34. The molecule has 1 aliphatic heterocycles. The van der Waals surface area contributed by atoms with Gasteiger partial charge in [0.05, 0.1) is 5.41 Å². The first-order valence-electron chi connectivity index (χ1n) is 10.7. The molecule has 3 heterocycles. The molecule has 7 nitrogen and oxygen atoms in total. The van der Waals surface area contributed by atoms with E-state index in [0.29, 0.717) is 30.8 Å². The zero-order chi connectivity index (χ0) is 20.1. The van der Waals surface area contributed by atoms with E-state index in [1.54, 1.807) is 19.5 Å². The van der Waals surface area contributed by atoms with Gasteiger partial charge in [-0.1, -0.05) is 24.4 Å². The molecule has 7 heteroatoms. The van der Waals surface area contributed by atoms with Gasteiger partial charge in [-0.2, -0.15) is 4.98 Å². The Bertz CT molecular complexity index is 803. The number of carbonyl (C=O) groups is 1. The van der Waals surface area contributed by atoms with Crippen molar-refractivity contribution >= 4 is 5.91 Å². The number of likely N-dealkylation sites (tertiary alicyclic amines) is 1. The van der Waals surface area contributed by atoms with Gasteiger partial charge in [-0.15, -0.1) is 0 Å². The third-order valence-corrected chi connectivity index (χ3v) is 6.46. The van der Waals surface area contributed by atoms with Gasteiger partial charge < -0.3 is 14.2 Å². The van der Waals surface area contributed by atoms with Crippen LogP contribution in [-0.2, 0) is 14.9 Å². The average molecular weight is 399 g/mol. The van der Waals surface area contributed by atoms with Gasteiger partial charge in [0.15, 0.2) is 5.82 Å². The quantitative estimate of drug-likeness (QED) is 0.739. The number of carbonyl (C=O) groups excluding carboxylic acids is 1. The van der Waals surface area contributed by atoms with Crippen LogP contribution in [0.1, 0.15) is 57.2 Å². The van der Waals surface area contributed by atoms with Gasteiger partial charge in [-0.3, -0.25) is 9.78 Å². The smallest absolute Gasteiger partial charge is 0.258 e. The number of hydrogen-bond donors (Lipinski definition) is 0. The summed E-state index contributed by atoms with van der Waals surface area (Å²) in [7, 11) is 1.71. The van der Waals surface area contributed by atoms with E-state index in [1.165, 1.54) is 19.3 Å². The maximum Gasteiger partial charge on any atom is 0.258 e. The number of hydrogen-bond acceptors (Lipinski definition) is 6. The molecule has 29 heavy (non-hydrogen) atoms. The lowest BCUT2D eigenvalue weighted by Gasteiger charge is -2.42. The van der Waals surface area contributed by atoms with Crippen molar-refractivity contribution in [3.05, 3.63) is 30.4 Å². The summed E-state index contributed by atoms with van der Waals surface area (Å²) in [6.07, 6.45) is 11.7. The monoisotopic (exact) mass is 398 g/mol. The van der Waals surface area contributed by atoms with Gasteiger partial charge in [-0.25, -0.2) is 0 Å². The van der Waals surface area contributed by atoms with Gasteiger partial charge in [0.2, 0.25) is 5.91 Å². The van der Waals surface area contributed by atoms with E-state index in [1.807, 2.05) is 12.1 Å². The molecule has 0 radical (unpaired) electrons. The maximum atomic E-state index is 13.2. The molecule has 156 valence electrons. The molecule has 1 saturated carbocycles. The second kappa shape index (κ2) is 9.03. The first kappa shape index (κ1) is 20.0. The fourth-order valence-electron chi connectivity index (χ4n) is 4.77. The van der Waals surface area contributed by atoms with Gasteiger partial charge >= 0.3 is 0 Å². The van der Waals surface area contributed by atoms with Gasteiger partial charge in [0.25, 0.3) is 5.89 Å². The number of amides is 1.